The van der Waals surface area contributed by atoms with Crippen LogP contribution in [0.5, 0.6) is 0 Å². The first-order chi connectivity index (χ1) is 15.1. The summed E-state index contributed by atoms with van der Waals surface area (Å²) >= 11 is 0. The fraction of sp³-hybridized carbons (Fsp3) is 0.600. The van der Waals surface area contributed by atoms with E-state index < -0.39 is 0 Å². The summed E-state index contributed by atoms with van der Waals surface area (Å²) in [6, 6.07) is 10.3. The summed E-state index contributed by atoms with van der Waals surface area (Å²) in [7, 11) is 0. The highest BCUT2D eigenvalue weighted by Crippen LogP contribution is 2.63. The van der Waals surface area contributed by atoms with Crippen molar-refractivity contribution in [1.82, 2.24) is 15.1 Å². The second-order valence-corrected chi connectivity index (χ2v) is 10.4. The number of benzene rings is 1. The van der Waals surface area contributed by atoms with Crippen molar-refractivity contribution in [3.63, 3.8) is 0 Å². The fourth-order valence-corrected chi connectivity index (χ4v) is 7.08. The van der Waals surface area contributed by atoms with Gasteiger partial charge in [-0.1, -0.05) is 18.2 Å². The molecule has 164 valence electrons. The third kappa shape index (κ3) is 3.27. The van der Waals surface area contributed by atoms with Crippen LogP contribution >= 0.6 is 0 Å². The number of β-amino-alcohol motifs (C(OH)–C–C–N with tert-alkyl or cyclic N) is 1. The third-order valence-electron chi connectivity index (χ3n) is 8.35. The summed E-state index contributed by atoms with van der Waals surface area (Å²) in [6.07, 6.45) is 10.7. The molecule has 4 aliphatic carbocycles. The third-order valence-corrected chi connectivity index (χ3v) is 8.35. The Kier molecular flexibility index (Phi) is 4.60. The highest BCUT2D eigenvalue weighted by atomic mass is 16.3. The summed E-state index contributed by atoms with van der Waals surface area (Å²) in [5, 5.41) is 18.4. The summed E-state index contributed by atoms with van der Waals surface area (Å²) in [5.74, 6) is 2.57. The Bertz CT molecular complexity index is 965. The van der Waals surface area contributed by atoms with E-state index in [1.54, 1.807) is 6.20 Å². The van der Waals surface area contributed by atoms with Gasteiger partial charge in [0.15, 0.2) is 0 Å². The molecule has 1 aliphatic heterocycles. The van der Waals surface area contributed by atoms with Crippen LogP contribution in [0.15, 0.2) is 36.5 Å². The Morgan fingerprint density at radius 2 is 1.90 bits per heavy atom. The van der Waals surface area contributed by atoms with Gasteiger partial charge in [-0.15, -0.1) is 0 Å². The van der Waals surface area contributed by atoms with Crippen molar-refractivity contribution in [1.29, 1.82) is 0 Å². The maximum Gasteiger partial charge on any atom is 0.256 e. The van der Waals surface area contributed by atoms with Crippen LogP contribution in [0.25, 0.3) is 5.69 Å². The molecule has 1 aromatic heterocycles. The van der Waals surface area contributed by atoms with Gasteiger partial charge in [-0.3, -0.25) is 4.79 Å². The molecule has 3 bridgehead atoms. The standard InChI is InChI=1S/C25H32N4O2/c30-20-7-4-10-28(16-20)24-21(15-26-29(24)19-5-2-1-3-6-19)23(31)27-22-9-8-17-11-18-13-25(22,12-17)14-18/h1-3,5-6,15,17-18,20,22,30H,4,7-14,16H2,(H,27,31). The van der Waals surface area contributed by atoms with Crippen LogP contribution in [0.3, 0.4) is 0 Å². The van der Waals surface area contributed by atoms with Crippen LogP contribution in [0.1, 0.15) is 61.7 Å². The van der Waals surface area contributed by atoms with E-state index in [0.717, 1.165) is 49.1 Å². The monoisotopic (exact) mass is 420 g/mol. The molecule has 3 atom stereocenters. The SMILES string of the molecule is O=C(NC1CCC2CC3CC1(C2)C3)c1cnn(-c2ccccc2)c1N1CCCC(O)C1. The Balaban J connectivity index is 1.31. The van der Waals surface area contributed by atoms with E-state index in [9.17, 15) is 9.90 Å². The van der Waals surface area contributed by atoms with Gasteiger partial charge in [0.2, 0.25) is 0 Å². The number of piperidine rings is 1. The van der Waals surface area contributed by atoms with Crippen molar-refractivity contribution in [3.8, 4) is 5.69 Å². The predicted octanol–water partition coefficient (Wildman–Crippen LogP) is 3.53. The number of hydrogen-bond acceptors (Lipinski definition) is 4. The lowest BCUT2D eigenvalue weighted by atomic mass is 9.45. The molecule has 6 heteroatoms. The van der Waals surface area contributed by atoms with Gasteiger partial charge in [0.1, 0.15) is 11.4 Å². The van der Waals surface area contributed by atoms with E-state index in [1.807, 2.05) is 35.0 Å². The molecule has 1 spiro atoms. The maximum absolute atomic E-state index is 13.6. The minimum atomic E-state index is -0.368. The molecule has 1 amide bonds. The number of para-hydroxylation sites is 1. The lowest BCUT2D eigenvalue weighted by Gasteiger charge is -2.62. The molecule has 7 rings (SSSR count). The Hall–Kier alpha value is -2.34. The van der Waals surface area contributed by atoms with Crippen molar-refractivity contribution in [2.75, 3.05) is 18.0 Å². The molecule has 1 aromatic carbocycles. The van der Waals surface area contributed by atoms with Crippen LogP contribution in [0.4, 0.5) is 5.82 Å². The Labute approximate surface area is 183 Å². The zero-order valence-corrected chi connectivity index (χ0v) is 18.0. The van der Waals surface area contributed by atoms with Crippen LogP contribution in [0, 0.1) is 17.3 Å². The van der Waals surface area contributed by atoms with E-state index >= 15 is 0 Å². The number of carbonyl (C=O) groups is 1. The average Bonchev–Trinajstić information content (AvgIpc) is 3.21. The molecular formula is C25H32N4O2. The number of rotatable bonds is 4. The van der Waals surface area contributed by atoms with Crippen molar-refractivity contribution in [2.45, 2.75) is 63.5 Å². The average molecular weight is 421 g/mol. The van der Waals surface area contributed by atoms with Crippen LogP contribution < -0.4 is 10.2 Å². The van der Waals surface area contributed by atoms with Crippen molar-refractivity contribution in [2.24, 2.45) is 17.3 Å². The van der Waals surface area contributed by atoms with E-state index in [4.69, 9.17) is 0 Å². The van der Waals surface area contributed by atoms with Gasteiger partial charge in [0.25, 0.3) is 5.91 Å². The molecule has 2 aromatic rings. The maximum atomic E-state index is 13.6. The first kappa shape index (κ1) is 19.4. The quantitative estimate of drug-likeness (QED) is 0.794. The van der Waals surface area contributed by atoms with Crippen molar-refractivity contribution >= 4 is 11.7 Å². The smallest absolute Gasteiger partial charge is 0.256 e. The molecular weight excluding hydrogens is 388 g/mol. The molecule has 2 N–H and O–H groups in total. The summed E-state index contributed by atoms with van der Waals surface area (Å²) in [4.78, 5) is 15.7. The van der Waals surface area contributed by atoms with Gasteiger partial charge in [0.05, 0.1) is 18.0 Å². The molecule has 3 unspecified atom stereocenters. The van der Waals surface area contributed by atoms with E-state index in [1.165, 1.54) is 32.1 Å². The second-order valence-electron chi connectivity index (χ2n) is 10.4. The number of hydrogen-bond donors (Lipinski definition) is 2. The van der Waals surface area contributed by atoms with Gasteiger partial charge in [-0.2, -0.15) is 5.10 Å². The highest BCUT2D eigenvalue weighted by molar-refractivity contribution is 5.99. The molecule has 1 saturated heterocycles. The largest absolute Gasteiger partial charge is 0.391 e. The first-order valence-corrected chi connectivity index (χ1v) is 12.0. The number of aromatic nitrogens is 2. The second kappa shape index (κ2) is 7.37. The van der Waals surface area contributed by atoms with Gasteiger partial charge in [-0.05, 0) is 80.8 Å². The zero-order valence-electron chi connectivity index (χ0n) is 18.0. The number of anilines is 1. The number of nitrogens with one attached hydrogen (secondary N) is 1. The Morgan fingerprint density at radius 1 is 1.10 bits per heavy atom. The summed E-state index contributed by atoms with van der Waals surface area (Å²) in [6.45, 7) is 1.36. The number of carbonyl (C=O) groups excluding carboxylic acids is 1. The lowest BCUT2D eigenvalue weighted by Crippen LogP contribution is -2.60. The zero-order chi connectivity index (χ0) is 21.0. The van der Waals surface area contributed by atoms with E-state index in [2.05, 4.69) is 15.3 Å². The molecule has 0 radical (unpaired) electrons. The first-order valence-electron chi connectivity index (χ1n) is 12.0. The van der Waals surface area contributed by atoms with Gasteiger partial charge in [-0.25, -0.2) is 4.68 Å². The van der Waals surface area contributed by atoms with Gasteiger partial charge >= 0.3 is 0 Å². The fourth-order valence-electron chi connectivity index (χ4n) is 7.08. The highest BCUT2D eigenvalue weighted by Gasteiger charge is 2.57. The number of aliphatic hydroxyl groups excluding tert-OH is 1. The van der Waals surface area contributed by atoms with E-state index in [0.29, 0.717) is 17.5 Å². The van der Waals surface area contributed by atoms with Crippen LogP contribution in [-0.2, 0) is 0 Å². The van der Waals surface area contributed by atoms with Gasteiger partial charge < -0.3 is 15.3 Å². The molecule has 2 heterocycles. The van der Waals surface area contributed by atoms with Crippen molar-refractivity contribution < 1.29 is 9.90 Å². The lowest BCUT2D eigenvalue weighted by molar-refractivity contribution is -0.0940. The minimum Gasteiger partial charge on any atom is -0.391 e. The van der Waals surface area contributed by atoms with E-state index in [-0.39, 0.29) is 18.1 Å². The molecule has 6 nitrogen and oxygen atoms in total. The van der Waals surface area contributed by atoms with Crippen LogP contribution in [-0.4, -0.2) is 46.0 Å². The van der Waals surface area contributed by atoms with Crippen LogP contribution in [0.2, 0.25) is 0 Å². The topological polar surface area (TPSA) is 70.4 Å². The Morgan fingerprint density at radius 3 is 2.71 bits per heavy atom. The van der Waals surface area contributed by atoms with Gasteiger partial charge in [0, 0.05) is 19.1 Å². The predicted molar refractivity (Wildman–Crippen MR) is 119 cm³/mol. The molecule has 5 fully saturated rings. The minimum absolute atomic E-state index is 0.0101. The molecule has 5 aliphatic rings. The number of amides is 1. The summed E-state index contributed by atoms with van der Waals surface area (Å²) in [5.41, 5.74) is 1.91. The normalized spacial score (nSPS) is 34.2. The summed E-state index contributed by atoms with van der Waals surface area (Å²) < 4.78 is 1.86. The number of nitrogens with zero attached hydrogens (tertiary/aromatic N) is 3. The molecule has 31 heavy (non-hydrogen) atoms. The van der Waals surface area contributed by atoms with Crippen molar-refractivity contribution in [3.05, 3.63) is 42.1 Å². The number of aliphatic hydroxyl groups is 1. The molecule has 4 saturated carbocycles.